The third-order valence-electron chi connectivity index (χ3n) is 3.42. The van der Waals surface area contributed by atoms with Crippen molar-refractivity contribution >= 4 is 16.9 Å². The molecule has 0 aliphatic carbocycles. The molecule has 0 atom stereocenters. The molecule has 6 nitrogen and oxygen atoms in total. The molecule has 0 unspecified atom stereocenters. The molecule has 0 fully saturated rings. The zero-order chi connectivity index (χ0) is 17.3. The Kier molecular flexibility index (Phi) is 3.95. The van der Waals surface area contributed by atoms with Gasteiger partial charge in [-0.25, -0.2) is 13.8 Å². The first-order valence-electron chi connectivity index (χ1n) is 6.89. The molecule has 0 radical (unpaired) electrons. The molecule has 122 valence electrons. The van der Waals surface area contributed by atoms with E-state index in [2.05, 4.69) is 15.3 Å². The lowest BCUT2D eigenvalue weighted by Gasteiger charge is -2.08. The van der Waals surface area contributed by atoms with Crippen molar-refractivity contribution in [3.63, 3.8) is 0 Å². The van der Waals surface area contributed by atoms with E-state index in [1.807, 2.05) is 0 Å². The van der Waals surface area contributed by atoms with Crippen LogP contribution in [0.25, 0.3) is 11.0 Å². The minimum absolute atomic E-state index is 0.139. The average molecular weight is 331 g/mol. The highest BCUT2D eigenvalue weighted by molar-refractivity contribution is 6.01. The van der Waals surface area contributed by atoms with E-state index >= 15 is 0 Å². The maximum atomic E-state index is 13.1. The van der Waals surface area contributed by atoms with Gasteiger partial charge in [0.05, 0.1) is 5.39 Å². The molecule has 0 bridgehead atoms. The summed E-state index contributed by atoms with van der Waals surface area (Å²) >= 11 is 0. The largest absolute Gasteiger partial charge is 0.506 e. The fourth-order valence-electron chi connectivity index (χ4n) is 2.24. The first kappa shape index (κ1) is 15.6. The van der Waals surface area contributed by atoms with Gasteiger partial charge in [-0.05, 0) is 29.8 Å². The minimum atomic E-state index is -1.04. The van der Waals surface area contributed by atoms with Gasteiger partial charge in [0.1, 0.15) is 17.0 Å². The average Bonchev–Trinajstić information content (AvgIpc) is 2.56. The Morgan fingerprint density at radius 3 is 2.79 bits per heavy atom. The van der Waals surface area contributed by atoms with Gasteiger partial charge in [0.25, 0.3) is 11.5 Å². The Bertz CT molecular complexity index is 1000. The van der Waals surface area contributed by atoms with Crippen molar-refractivity contribution in [2.45, 2.75) is 6.54 Å². The van der Waals surface area contributed by atoms with E-state index in [1.54, 1.807) is 6.07 Å². The highest BCUT2D eigenvalue weighted by atomic mass is 19.2. The van der Waals surface area contributed by atoms with Crippen LogP contribution in [0.15, 0.2) is 41.3 Å². The zero-order valence-electron chi connectivity index (χ0n) is 12.1. The van der Waals surface area contributed by atoms with Crippen LogP contribution in [0.3, 0.4) is 0 Å². The predicted octanol–water partition coefficient (Wildman–Crippen LogP) is 1.84. The van der Waals surface area contributed by atoms with E-state index in [-0.39, 0.29) is 17.6 Å². The Morgan fingerprint density at radius 1 is 1.25 bits per heavy atom. The number of nitrogens with zero attached hydrogens (tertiary/aromatic N) is 1. The number of aromatic hydroxyl groups is 1. The number of aromatic nitrogens is 2. The highest BCUT2D eigenvalue weighted by Gasteiger charge is 2.19. The van der Waals surface area contributed by atoms with E-state index in [0.717, 1.165) is 12.1 Å². The lowest BCUT2D eigenvalue weighted by Crippen LogP contribution is -2.29. The number of aromatic amines is 1. The summed E-state index contributed by atoms with van der Waals surface area (Å²) in [6, 6.07) is 6.21. The van der Waals surface area contributed by atoms with Crippen LogP contribution in [0.4, 0.5) is 8.78 Å². The molecule has 3 N–H and O–H groups in total. The second-order valence-corrected chi connectivity index (χ2v) is 5.01. The molecule has 0 aliphatic heterocycles. The predicted molar refractivity (Wildman–Crippen MR) is 81.6 cm³/mol. The van der Waals surface area contributed by atoms with Crippen LogP contribution in [0, 0.1) is 11.6 Å². The smallest absolute Gasteiger partial charge is 0.266 e. The third kappa shape index (κ3) is 2.81. The van der Waals surface area contributed by atoms with Crippen LogP contribution in [-0.4, -0.2) is 21.0 Å². The summed E-state index contributed by atoms with van der Waals surface area (Å²) in [5.41, 5.74) is -0.822. The molecule has 0 aliphatic rings. The molecule has 8 heteroatoms. The molecule has 1 aromatic carbocycles. The third-order valence-corrected chi connectivity index (χ3v) is 3.42. The van der Waals surface area contributed by atoms with Gasteiger partial charge < -0.3 is 15.4 Å². The second kappa shape index (κ2) is 6.07. The van der Waals surface area contributed by atoms with Crippen molar-refractivity contribution in [2.24, 2.45) is 0 Å². The molecule has 24 heavy (non-hydrogen) atoms. The van der Waals surface area contributed by atoms with Gasteiger partial charge in [-0.2, -0.15) is 0 Å². The number of pyridine rings is 2. The van der Waals surface area contributed by atoms with Gasteiger partial charge >= 0.3 is 0 Å². The quantitative estimate of drug-likeness (QED) is 0.682. The summed E-state index contributed by atoms with van der Waals surface area (Å²) in [5.74, 6) is -3.38. The number of carbonyl (C=O) groups excluding carboxylic acids is 1. The molecule has 3 aromatic rings. The standard InChI is InChI=1S/C16H11F2N3O3/c17-10-4-3-8(6-11(10)18)7-20-15(23)12-13(22)9-2-1-5-19-14(9)21-16(12)24/h1-6H,7H2,(H,20,23)(H2,19,21,22,24). The number of halogens is 2. The Hall–Kier alpha value is -3.29. The monoisotopic (exact) mass is 331 g/mol. The number of benzene rings is 1. The van der Waals surface area contributed by atoms with Gasteiger partial charge in [-0.3, -0.25) is 9.59 Å². The molecule has 0 saturated heterocycles. The maximum absolute atomic E-state index is 13.1. The number of rotatable bonds is 3. The van der Waals surface area contributed by atoms with E-state index < -0.39 is 34.4 Å². The normalized spacial score (nSPS) is 10.8. The highest BCUT2D eigenvalue weighted by Crippen LogP contribution is 2.23. The SMILES string of the molecule is O=C(NCc1ccc(F)c(F)c1)c1c(O)c2cccnc2[nH]c1=O. The fourth-order valence-corrected chi connectivity index (χ4v) is 2.24. The van der Waals surface area contributed by atoms with Crippen LogP contribution in [0.2, 0.25) is 0 Å². The summed E-state index contributed by atoms with van der Waals surface area (Å²) in [7, 11) is 0. The lowest BCUT2D eigenvalue weighted by molar-refractivity contribution is 0.0947. The number of nitrogens with one attached hydrogen (secondary N) is 2. The van der Waals surface area contributed by atoms with Crippen molar-refractivity contribution in [2.75, 3.05) is 0 Å². The minimum Gasteiger partial charge on any atom is -0.506 e. The fraction of sp³-hybridized carbons (Fsp3) is 0.0625. The first-order valence-corrected chi connectivity index (χ1v) is 6.89. The van der Waals surface area contributed by atoms with Crippen LogP contribution in [0.1, 0.15) is 15.9 Å². The van der Waals surface area contributed by atoms with Crippen molar-refractivity contribution in [1.29, 1.82) is 0 Å². The van der Waals surface area contributed by atoms with Crippen molar-refractivity contribution in [3.05, 3.63) is 69.6 Å². The molecule has 2 heterocycles. The zero-order valence-corrected chi connectivity index (χ0v) is 12.1. The summed E-state index contributed by atoms with van der Waals surface area (Å²) in [4.78, 5) is 30.4. The Balaban J connectivity index is 1.88. The second-order valence-electron chi connectivity index (χ2n) is 5.01. The van der Waals surface area contributed by atoms with Crippen molar-refractivity contribution < 1.29 is 18.7 Å². The van der Waals surface area contributed by atoms with E-state index in [0.29, 0.717) is 5.56 Å². The maximum Gasteiger partial charge on any atom is 0.266 e. The van der Waals surface area contributed by atoms with Crippen molar-refractivity contribution in [3.8, 4) is 5.75 Å². The van der Waals surface area contributed by atoms with E-state index in [1.165, 1.54) is 18.3 Å². The molecule has 0 saturated carbocycles. The van der Waals surface area contributed by atoms with Gasteiger partial charge in [0.2, 0.25) is 0 Å². The van der Waals surface area contributed by atoms with Crippen LogP contribution in [-0.2, 0) is 6.54 Å². The number of hydrogen-bond acceptors (Lipinski definition) is 4. The topological polar surface area (TPSA) is 95.1 Å². The van der Waals surface area contributed by atoms with Gasteiger partial charge in [0.15, 0.2) is 11.6 Å². The molecule has 2 aromatic heterocycles. The van der Waals surface area contributed by atoms with E-state index in [9.17, 15) is 23.5 Å². The number of amides is 1. The molecule has 0 spiro atoms. The lowest BCUT2D eigenvalue weighted by atomic mass is 10.1. The van der Waals surface area contributed by atoms with E-state index in [4.69, 9.17) is 0 Å². The summed E-state index contributed by atoms with van der Waals surface area (Å²) in [5, 5.41) is 12.7. The molecular weight excluding hydrogens is 320 g/mol. The van der Waals surface area contributed by atoms with Gasteiger partial charge in [0, 0.05) is 12.7 Å². The summed E-state index contributed by atoms with van der Waals surface area (Å²) in [6.45, 7) is -0.139. The first-order chi connectivity index (χ1) is 11.5. The number of fused-ring (bicyclic) bond motifs is 1. The molecular formula is C16H11F2N3O3. The van der Waals surface area contributed by atoms with Gasteiger partial charge in [-0.15, -0.1) is 0 Å². The van der Waals surface area contributed by atoms with Crippen LogP contribution < -0.4 is 10.9 Å². The number of carbonyl (C=O) groups is 1. The Morgan fingerprint density at radius 2 is 2.04 bits per heavy atom. The van der Waals surface area contributed by atoms with Crippen LogP contribution >= 0.6 is 0 Å². The number of H-pyrrole nitrogens is 1. The molecule has 1 amide bonds. The van der Waals surface area contributed by atoms with Crippen molar-refractivity contribution in [1.82, 2.24) is 15.3 Å². The number of hydrogen-bond donors (Lipinski definition) is 3. The molecule has 3 rings (SSSR count). The Labute approximate surface area is 133 Å². The van der Waals surface area contributed by atoms with Gasteiger partial charge in [-0.1, -0.05) is 6.07 Å². The van der Waals surface area contributed by atoms with Crippen LogP contribution in [0.5, 0.6) is 5.75 Å². The summed E-state index contributed by atoms with van der Waals surface area (Å²) in [6.07, 6.45) is 1.43. The summed E-state index contributed by atoms with van der Waals surface area (Å²) < 4.78 is 26.0.